The topological polar surface area (TPSA) is 93.2 Å². The summed E-state index contributed by atoms with van der Waals surface area (Å²) in [7, 11) is 1.45. The first-order valence-electron chi connectivity index (χ1n) is 4.45. The minimum Gasteiger partial charge on any atom is -0.352 e. The summed E-state index contributed by atoms with van der Waals surface area (Å²) in [4.78, 5) is 19.2. The van der Waals surface area contributed by atoms with Crippen molar-refractivity contribution in [3.63, 3.8) is 0 Å². The van der Waals surface area contributed by atoms with E-state index in [1.54, 1.807) is 6.33 Å². The van der Waals surface area contributed by atoms with Crippen molar-refractivity contribution >= 4 is 22.9 Å². The first-order valence-corrected chi connectivity index (χ1v) is 5.43. The second-order valence-corrected chi connectivity index (χ2v) is 3.87. The minimum absolute atomic E-state index is 0.415. The van der Waals surface area contributed by atoms with Crippen LogP contribution in [0, 0.1) is 0 Å². The van der Waals surface area contributed by atoms with Gasteiger partial charge in [-0.3, -0.25) is 0 Å². The quantitative estimate of drug-likeness (QED) is 0.264. The van der Waals surface area contributed by atoms with Crippen molar-refractivity contribution in [1.29, 1.82) is 0 Å². The largest absolute Gasteiger partial charge is 0.352 e. The molecule has 2 aromatic heterocycles. The number of aromatic nitrogens is 4. The van der Waals surface area contributed by atoms with Crippen LogP contribution in [0.3, 0.4) is 0 Å². The Morgan fingerprint density at radius 3 is 3.12 bits per heavy atom. The van der Waals surface area contributed by atoms with Gasteiger partial charge in [0.15, 0.2) is 11.9 Å². The number of fused-ring (bicyclic) bond motifs is 1. The molecule has 1 atom stereocenters. The zero-order chi connectivity index (χ0) is 11.4. The van der Waals surface area contributed by atoms with Crippen LogP contribution < -0.4 is 0 Å². The van der Waals surface area contributed by atoms with E-state index < -0.39 is 6.29 Å². The van der Waals surface area contributed by atoms with Gasteiger partial charge < -0.3 is 9.72 Å². The number of imidazole rings is 1. The van der Waals surface area contributed by atoms with Gasteiger partial charge in [-0.05, 0) is 0 Å². The summed E-state index contributed by atoms with van der Waals surface area (Å²) in [5.41, 5.74) is 1.37. The fraction of sp³-hybridized carbons (Fsp3) is 0.375. The molecule has 1 unspecified atom stereocenters. The van der Waals surface area contributed by atoms with Crippen molar-refractivity contribution in [2.24, 2.45) is 0 Å². The SMILES string of the molecule is COC(CSc1ncnc2nc[nH]c12)OO. The van der Waals surface area contributed by atoms with Crippen LogP contribution in [0.15, 0.2) is 17.7 Å². The van der Waals surface area contributed by atoms with Gasteiger partial charge in [0.1, 0.15) is 16.9 Å². The predicted octanol–water partition coefficient (Wildman–Crippen LogP) is 0.907. The van der Waals surface area contributed by atoms with Crippen molar-refractivity contribution < 1.29 is 14.9 Å². The van der Waals surface area contributed by atoms with Gasteiger partial charge in [-0.2, -0.15) is 0 Å². The zero-order valence-corrected chi connectivity index (χ0v) is 9.27. The van der Waals surface area contributed by atoms with Crippen molar-refractivity contribution in [3.05, 3.63) is 12.7 Å². The lowest BCUT2D eigenvalue weighted by atomic mass is 10.6. The van der Waals surface area contributed by atoms with E-state index in [0.717, 1.165) is 10.5 Å². The highest BCUT2D eigenvalue weighted by atomic mass is 32.2. The van der Waals surface area contributed by atoms with Crippen LogP contribution in [0.4, 0.5) is 0 Å². The molecule has 0 radical (unpaired) electrons. The molecular weight excluding hydrogens is 232 g/mol. The van der Waals surface area contributed by atoms with Crippen LogP contribution in [-0.2, 0) is 9.62 Å². The summed E-state index contributed by atoms with van der Waals surface area (Å²) < 4.78 is 4.85. The number of aromatic amines is 1. The number of methoxy groups -OCH3 is 1. The van der Waals surface area contributed by atoms with Gasteiger partial charge in [0.25, 0.3) is 0 Å². The van der Waals surface area contributed by atoms with Gasteiger partial charge in [-0.25, -0.2) is 25.1 Å². The Morgan fingerprint density at radius 2 is 2.38 bits per heavy atom. The first kappa shape index (κ1) is 11.3. The molecule has 2 aromatic rings. The molecule has 0 saturated heterocycles. The smallest absolute Gasteiger partial charge is 0.200 e. The highest BCUT2D eigenvalue weighted by molar-refractivity contribution is 7.99. The molecule has 0 aliphatic rings. The predicted molar refractivity (Wildman–Crippen MR) is 56.9 cm³/mol. The van der Waals surface area contributed by atoms with Gasteiger partial charge in [0.05, 0.1) is 12.1 Å². The van der Waals surface area contributed by atoms with E-state index in [1.807, 2.05) is 0 Å². The van der Waals surface area contributed by atoms with Crippen LogP contribution in [0.25, 0.3) is 11.2 Å². The fourth-order valence-corrected chi connectivity index (χ4v) is 2.05. The number of hydrogen-bond donors (Lipinski definition) is 2. The first-order chi connectivity index (χ1) is 7.85. The minimum atomic E-state index is -0.682. The third-order valence-electron chi connectivity index (χ3n) is 1.92. The average molecular weight is 242 g/mol. The van der Waals surface area contributed by atoms with E-state index in [-0.39, 0.29) is 0 Å². The van der Waals surface area contributed by atoms with Crippen LogP contribution in [-0.4, -0.2) is 44.3 Å². The maximum atomic E-state index is 8.49. The molecule has 2 rings (SSSR count). The number of H-pyrrole nitrogens is 1. The van der Waals surface area contributed by atoms with Crippen LogP contribution >= 0.6 is 11.8 Å². The van der Waals surface area contributed by atoms with Crippen LogP contribution in [0.1, 0.15) is 0 Å². The van der Waals surface area contributed by atoms with Crippen molar-refractivity contribution in [3.8, 4) is 0 Å². The number of ether oxygens (including phenoxy) is 1. The molecule has 7 nitrogen and oxygen atoms in total. The van der Waals surface area contributed by atoms with Gasteiger partial charge in [0.2, 0.25) is 0 Å². The van der Waals surface area contributed by atoms with Crippen molar-refractivity contribution in [2.75, 3.05) is 12.9 Å². The number of nitrogens with one attached hydrogen (secondary N) is 1. The van der Waals surface area contributed by atoms with Gasteiger partial charge in [0, 0.05) is 7.11 Å². The molecule has 16 heavy (non-hydrogen) atoms. The summed E-state index contributed by atoms with van der Waals surface area (Å²) in [5, 5.41) is 9.22. The number of nitrogens with zero attached hydrogens (tertiary/aromatic N) is 3. The molecular formula is C8H10N4O3S. The zero-order valence-electron chi connectivity index (χ0n) is 8.45. The Bertz CT molecular complexity index is 459. The molecule has 2 N–H and O–H groups in total. The van der Waals surface area contributed by atoms with E-state index in [9.17, 15) is 0 Å². The highest BCUT2D eigenvalue weighted by Gasteiger charge is 2.11. The van der Waals surface area contributed by atoms with Crippen molar-refractivity contribution in [1.82, 2.24) is 19.9 Å². The summed E-state index contributed by atoms with van der Waals surface area (Å²) >= 11 is 1.38. The standard InChI is InChI=1S/C8H10N4O3S/c1-14-5(15-13)2-16-8-6-7(10-3-9-6)11-4-12-8/h3-5,13H,2H2,1H3,(H,9,10,11,12). The lowest BCUT2D eigenvalue weighted by Gasteiger charge is -2.09. The van der Waals surface area contributed by atoms with Gasteiger partial charge >= 0.3 is 0 Å². The van der Waals surface area contributed by atoms with Crippen molar-refractivity contribution in [2.45, 2.75) is 11.3 Å². The maximum absolute atomic E-state index is 8.49. The third-order valence-corrected chi connectivity index (χ3v) is 2.95. The molecule has 2 heterocycles. The summed E-state index contributed by atoms with van der Waals surface area (Å²) in [6.45, 7) is 0. The third kappa shape index (κ3) is 2.30. The molecule has 0 aromatic carbocycles. The number of hydrogen-bond acceptors (Lipinski definition) is 7. The van der Waals surface area contributed by atoms with E-state index in [4.69, 9.17) is 9.99 Å². The monoisotopic (exact) mass is 242 g/mol. The molecule has 0 bridgehead atoms. The number of thioether (sulfide) groups is 1. The van der Waals surface area contributed by atoms with E-state index >= 15 is 0 Å². The molecule has 86 valence electrons. The molecule has 0 spiro atoms. The lowest BCUT2D eigenvalue weighted by molar-refractivity contribution is -0.332. The van der Waals surface area contributed by atoms with Gasteiger partial charge in [-0.1, -0.05) is 11.8 Å². The second kappa shape index (κ2) is 5.21. The van der Waals surface area contributed by atoms with E-state index in [1.165, 1.54) is 25.2 Å². The Labute approximate surface area is 95.1 Å². The van der Waals surface area contributed by atoms with E-state index in [0.29, 0.717) is 11.4 Å². The van der Waals surface area contributed by atoms with Crippen LogP contribution in [0.5, 0.6) is 0 Å². The molecule has 8 heteroatoms. The second-order valence-electron chi connectivity index (χ2n) is 2.86. The highest BCUT2D eigenvalue weighted by Crippen LogP contribution is 2.22. The summed E-state index contributed by atoms with van der Waals surface area (Å²) in [6, 6.07) is 0. The normalized spacial score (nSPS) is 13.1. The molecule has 0 amide bonds. The maximum Gasteiger partial charge on any atom is 0.200 e. The summed E-state index contributed by atoms with van der Waals surface area (Å²) in [6.07, 6.45) is 2.31. The van der Waals surface area contributed by atoms with Gasteiger partial charge in [-0.15, -0.1) is 0 Å². The van der Waals surface area contributed by atoms with E-state index in [2.05, 4.69) is 24.8 Å². The average Bonchev–Trinajstić information content (AvgIpc) is 2.79. The fourth-order valence-electron chi connectivity index (χ4n) is 1.14. The Balaban J connectivity index is 2.11. The number of rotatable bonds is 5. The van der Waals surface area contributed by atoms with Crippen LogP contribution in [0.2, 0.25) is 0 Å². The molecule has 0 saturated carbocycles. The molecule has 0 fully saturated rings. The Morgan fingerprint density at radius 1 is 1.50 bits per heavy atom. The Hall–Kier alpha value is -1.22. The Kier molecular flexibility index (Phi) is 3.67. The molecule has 0 aliphatic carbocycles. The lowest BCUT2D eigenvalue weighted by Crippen LogP contribution is -2.16. The molecule has 0 aliphatic heterocycles. The summed E-state index contributed by atoms with van der Waals surface area (Å²) in [5.74, 6) is 0.415.